The summed E-state index contributed by atoms with van der Waals surface area (Å²) < 4.78 is 30.0. The number of carboxylic acids is 1. The van der Waals surface area contributed by atoms with Gasteiger partial charge in [0.05, 0.1) is 0 Å². The average Bonchev–Trinajstić information content (AvgIpc) is 3.05. The van der Waals surface area contributed by atoms with Gasteiger partial charge in [-0.15, -0.1) is 0 Å². The monoisotopic (exact) mass is 366 g/mol. The van der Waals surface area contributed by atoms with Crippen LogP contribution in [0.4, 0.5) is 5.69 Å². The Morgan fingerprint density at radius 3 is 2.32 bits per heavy atom. The fraction of sp³-hybridized carbons (Fsp3) is 0.250. The standard InChI is InChI=1S/C16H18N2O6S/c1-18(2)25(22,23)15-10-8-13(24-15)16(21)17-12-6-3-11(4-7-12)5-9-14(19)20/h3-4,6-8,10H,5,9H2,1-2H3,(H,17,21)(H,19,20). The van der Waals surface area contributed by atoms with Gasteiger partial charge in [0.2, 0.25) is 5.09 Å². The van der Waals surface area contributed by atoms with Gasteiger partial charge in [0.15, 0.2) is 5.76 Å². The van der Waals surface area contributed by atoms with E-state index in [1.165, 1.54) is 26.2 Å². The van der Waals surface area contributed by atoms with Crippen LogP contribution in [0.2, 0.25) is 0 Å². The Bertz CT molecular complexity index is 868. The van der Waals surface area contributed by atoms with E-state index in [1.54, 1.807) is 24.3 Å². The highest BCUT2D eigenvalue weighted by atomic mass is 32.2. The Balaban J connectivity index is 2.05. The fourth-order valence-electron chi connectivity index (χ4n) is 1.96. The molecule has 1 aromatic heterocycles. The summed E-state index contributed by atoms with van der Waals surface area (Å²) in [6.07, 6.45) is 0.425. The number of rotatable bonds is 7. The Hall–Kier alpha value is -2.65. The maximum absolute atomic E-state index is 12.1. The van der Waals surface area contributed by atoms with Crippen molar-refractivity contribution in [3.63, 3.8) is 0 Å². The van der Waals surface area contributed by atoms with E-state index in [9.17, 15) is 18.0 Å². The third-order valence-corrected chi connectivity index (χ3v) is 5.07. The molecule has 0 spiro atoms. The van der Waals surface area contributed by atoms with E-state index in [2.05, 4.69) is 5.32 Å². The summed E-state index contributed by atoms with van der Waals surface area (Å²) >= 11 is 0. The van der Waals surface area contributed by atoms with Crippen LogP contribution in [0.3, 0.4) is 0 Å². The molecule has 0 aliphatic carbocycles. The predicted molar refractivity (Wildman–Crippen MR) is 89.9 cm³/mol. The number of carbonyl (C=O) groups is 2. The van der Waals surface area contributed by atoms with E-state index >= 15 is 0 Å². The third kappa shape index (κ3) is 4.68. The lowest BCUT2D eigenvalue weighted by molar-refractivity contribution is -0.136. The highest BCUT2D eigenvalue weighted by Crippen LogP contribution is 2.18. The van der Waals surface area contributed by atoms with Crippen molar-refractivity contribution in [3.8, 4) is 0 Å². The van der Waals surface area contributed by atoms with Crippen molar-refractivity contribution >= 4 is 27.6 Å². The van der Waals surface area contributed by atoms with E-state index in [1.807, 2.05) is 0 Å². The van der Waals surface area contributed by atoms with Crippen LogP contribution in [-0.2, 0) is 21.2 Å². The molecule has 9 heteroatoms. The number of hydrogen-bond donors (Lipinski definition) is 2. The predicted octanol–water partition coefficient (Wildman–Crippen LogP) is 1.80. The third-order valence-electron chi connectivity index (χ3n) is 3.38. The lowest BCUT2D eigenvalue weighted by Crippen LogP contribution is -2.21. The molecule has 0 fully saturated rings. The average molecular weight is 366 g/mol. The number of anilines is 1. The highest BCUT2D eigenvalue weighted by Gasteiger charge is 2.23. The molecule has 0 saturated heterocycles. The second-order valence-electron chi connectivity index (χ2n) is 5.45. The summed E-state index contributed by atoms with van der Waals surface area (Å²) in [4.78, 5) is 22.7. The van der Waals surface area contributed by atoms with Crippen LogP contribution >= 0.6 is 0 Å². The molecule has 0 radical (unpaired) electrons. The zero-order chi connectivity index (χ0) is 18.6. The molecule has 134 valence electrons. The molecule has 0 saturated carbocycles. The van der Waals surface area contributed by atoms with Crippen molar-refractivity contribution in [1.82, 2.24) is 4.31 Å². The molecule has 2 aromatic rings. The van der Waals surface area contributed by atoms with Gasteiger partial charge in [0.25, 0.3) is 15.9 Å². The van der Waals surface area contributed by atoms with Gasteiger partial charge < -0.3 is 14.8 Å². The fourth-order valence-corrected chi connectivity index (χ4v) is 2.75. The van der Waals surface area contributed by atoms with Crippen LogP contribution in [0.1, 0.15) is 22.5 Å². The van der Waals surface area contributed by atoms with Gasteiger partial charge in [-0.2, -0.15) is 0 Å². The van der Waals surface area contributed by atoms with Crippen molar-refractivity contribution in [1.29, 1.82) is 0 Å². The molecule has 0 bridgehead atoms. The SMILES string of the molecule is CN(C)S(=O)(=O)c1ccc(C(=O)Nc2ccc(CCC(=O)O)cc2)o1. The minimum absolute atomic E-state index is 0.0290. The largest absolute Gasteiger partial charge is 0.481 e. The lowest BCUT2D eigenvalue weighted by Gasteiger charge is -2.08. The van der Waals surface area contributed by atoms with E-state index in [4.69, 9.17) is 9.52 Å². The van der Waals surface area contributed by atoms with Crippen LogP contribution < -0.4 is 5.32 Å². The van der Waals surface area contributed by atoms with Crippen molar-refractivity contribution in [2.75, 3.05) is 19.4 Å². The first-order valence-corrected chi connectivity index (χ1v) is 8.78. The van der Waals surface area contributed by atoms with Crippen molar-refractivity contribution in [2.24, 2.45) is 0 Å². The number of amides is 1. The number of hydrogen-bond acceptors (Lipinski definition) is 5. The smallest absolute Gasteiger partial charge is 0.303 e. The molecule has 1 aromatic carbocycles. The molecule has 0 atom stereocenters. The van der Waals surface area contributed by atoms with E-state index in [0.29, 0.717) is 12.1 Å². The molecule has 2 rings (SSSR count). The Kier molecular flexibility index (Phi) is 5.60. The molecular formula is C16H18N2O6S. The van der Waals surface area contributed by atoms with Crippen molar-refractivity contribution in [3.05, 3.63) is 47.7 Å². The topological polar surface area (TPSA) is 117 Å². The van der Waals surface area contributed by atoms with Gasteiger partial charge in [0, 0.05) is 26.2 Å². The number of furan rings is 1. The quantitative estimate of drug-likeness (QED) is 0.772. The van der Waals surface area contributed by atoms with Crippen molar-refractivity contribution < 1.29 is 27.5 Å². The number of aliphatic carboxylic acids is 1. The first-order valence-electron chi connectivity index (χ1n) is 7.34. The summed E-state index contributed by atoms with van der Waals surface area (Å²) in [7, 11) is -1.01. The first kappa shape index (κ1) is 18.7. The maximum atomic E-state index is 12.1. The number of carbonyl (C=O) groups excluding carboxylic acids is 1. The molecule has 1 amide bonds. The minimum atomic E-state index is -3.74. The molecule has 2 N–H and O–H groups in total. The van der Waals surface area contributed by atoms with E-state index in [-0.39, 0.29) is 17.3 Å². The van der Waals surface area contributed by atoms with Gasteiger partial charge in [-0.1, -0.05) is 12.1 Å². The summed E-state index contributed by atoms with van der Waals surface area (Å²) in [6, 6.07) is 9.20. The Morgan fingerprint density at radius 1 is 1.12 bits per heavy atom. The molecule has 8 nitrogen and oxygen atoms in total. The number of benzene rings is 1. The van der Waals surface area contributed by atoms with Gasteiger partial charge in [0.1, 0.15) is 0 Å². The molecule has 25 heavy (non-hydrogen) atoms. The highest BCUT2D eigenvalue weighted by molar-refractivity contribution is 7.88. The van der Waals surface area contributed by atoms with Gasteiger partial charge >= 0.3 is 5.97 Å². The van der Waals surface area contributed by atoms with E-state index < -0.39 is 21.9 Å². The summed E-state index contributed by atoms with van der Waals surface area (Å²) in [5.74, 6) is -1.59. The zero-order valence-electron chi connectivity index (χ0n) is 13.7. The van der Waals surface area contributed by atoms with Crippen LogP contribution in [0.25, 0.3) is 0 Å². The van der Waals surface area contributed by atoms with E-state index in [0.717, 1.165) is 9.87 Å². The van der Waals surface area contributed by atoms with Crippen LogP contribution in [-0.4, -0.2) is 43.8 Å². The van der Waals surface area contributed by atoms with Gasteiger partial charge in [-0.25, -0.2) is 12.7 Å². The summed E-state index contributed by atoms with van der Waals surface area (Å²) in [5.41, 5.74) is 1.32. The number of nitrogens with zero attached hydrogens (tertiary/aromatic N) is 1. The second kappa shape index (κ2) is 7.49. The number of carboxylic acid groups (broad SMARTS) is 1. The zero-order valence-corrected chi connectivity index (χ0v) is 14.5. The van der Waals surface area contributed by atoms with Crippen molar-refractivity contribution in [2.45, 2.75) is 17.9 Å². The van der Waals surface area contributed by atoms with Gasteiger partial charge in [-0.05, 0) is 36.2 Å². The molecular weight excluding hydrogens is 348 g/mol. The Morgan fingerprint density at radius 2 is 1.76 bits per heavy atom. The minimum Gasteiger partial charge on any atom is -0.481 e. The molecule has 1 heterocycles. The number of nitrogens with one attached hydrogen (secondary N) is 1. The molecule has 0 unspecified atom stereocenters. The summed E-state index contributed by atoms with van der Waals surface area (Å²) in [6.45, 7) is 0. The second-order valence-corrected chi connectivity index (χ2v) is 7.53. The normalized spacial score (nSPS) is 11.5. The van der Waals surface area contributed by atoms with Crippen LogP contribution in [0, 0.1) is 0 Å². The summed E-state index contributed by atoms with van der Waals surface area (Å²) in [5, 5.41) is 10.9. The van der Waals surface area contributed by atoms with Crippen LogP contribution in [0.15, 0.2) is 45.9 Å². The van der Waals surface area contributed by atoms with Crippen LogP contribution in [0.5, 0.6) is 0 Å². The first-order chi connectivity index (χ1) is 11.7. The van der Waals surface area contributed by atoms with Gasteiger partial charge in [-0.3, -0.25) is 9.59 Å². The number of sulfonamides is 1. The molecule has 0 aliphatic heterocycles. The number of aryl methyl sites for hydroxylation is 1. The lowest BCUT2D eigenvalue weighted by atomic mass is 10.1. The maximum Gasteiger partial charge on any atom is 0.303 e. The Labute approximate surface area is 145 Å². The molecule has 0 aliphatic rings.